The second kappa shape index (κ2) is 7.70. The van der Waals surface area contributed by atoms with E-state index in [4.69, 9.17) is 0 Å². The van der Waals surface area contributed by atoms with Crippen molar-refractivity contribution in [2.75, 3.05) is 13.1 Å². The predicted octanol–water partition coefficient (Wildman–Crippen LogP) is 1.98. The first-order valence-corrected chi connectivity index (χ1v) is 13.0. The molecular weight excluding hydrogens is 478 g/mol. The molecule has 2 aromatic rings. The molecule has 0 spiro atoms. The lowest BCUT2D eigenvalue weighted by Gasteiger charge is -2.58. The largest absolute Gasteiger partial charge is 0.341 e. The number of carbonyl (C=O) groups excluding carboxylic acids is 5. The van der Waals surface area contributed by atoms with Crippen molar-refractivity contribution in [1.82, 2.24) is 15.1 Å². The number of hydrogen-bond acceptors (Lipinski definition) is 6. The minimum Gasteiger partial charge on any atom is -0.341 e. The number of rotatable bonds is 5. The molecule has 3 fully saturated rings. The number of allylic oxidation sites excluding steroid dienone is 1. The quantitative estimate of drug-likeness (QED) is 0.497. The van der Waals surface area contributed by atoms with Crippen LogP contribution in [0.2, 0.25) is 0 Å². The van der Waals surface area contributed by atoms with Gasteiger partial charge in [0.15, 0.2) is 0 Å². The maximum atomic E-state index is 13.9. The lowest BCUT2D eigenvalue weighted by Crippen LogP contribution is -2.73. The van der Waals surface area contributed by atoms with E-state index in [1.54, 1.807) is 50.3 Å². The molecule has 1 N–H and O–H groups in total. The van der Waals surface area contributed by atoms with Crippen molar-refractivity contribution >= 4 is 40.9 Å². The van der Waals surface area contributed by atoms with Gasteiger partial charge in [-0.15, -0.1) is 11.3 Å². The van der Waals surface area contributed by atoms with Gasteiger partial charge in [0.1, 0.15) is 0 Å². The molecule has 1 aromatic carbocycles. The number of benzene rings is 1. The molecule has 184 valence electrons. The highest BCUT2D eigenvalue weighted by molar-refractivity contribution is 7.10. The van der Waals surface area contributed by atoms with Crippen LogP contribution in [0.15, 0.2) is 60.0 Å². The van der Waals surface area contributed by atoms with Crippen LogP contribution in [0.3, 0.4) is 0 Å². The average Bonchev–Trinajstić information content (AvgIpc) is 3.59. The summed E-state index contributed by atoms with van der Waals surface area (Å²) < 4.78 is 0. The molecule has 2 unspecified atom stereocenters. The Labute approximate surface area is 211 Å². The molecule has 36 heavy (non-hydrogen) atoms. The number of amides is 5. The van der Waals surface area contributed by atoms with Gasteiger partial charge in [-0.05, 0) is 37.4 Å². The summed E-state index contributed by atoms with van der Waals surface area (Å²) >= 11 is 1.41. The molecule has 1 aromatic heterocycles. The number of hydrogen-bond donors (Lipinski definition) is 1. The van der Waals surface area contributed by atoms with Crippen LogP contribution in [0.1, 0.15) is 29.1 Å². The molecule has 2 bridgehead atoms. The van der Waals surface area contributed by atoms with Gasteiger partial charge in [-0.3, -0.25) is 33.8 Å². The van der Waals surface area contributed by atoms with E-state index in [0.717, 1.165) is 4.88 Å². The van der Waals surface area contributed by atoms with Crippen molar-refractivity contribution in [3.63, 3.8) is 0 Å². The van der Waals surface area contributed by atoms with Crippen LogP contribution in [0.4, 0.5) is 0 Å². The van der Waals surface area contributed by atoms with Crippen molar-refractivity contribution < 1.29 is 24.0 Å². The van der Waals surface area contributed by atoms with Crippen molar-refractivity contribution in [3.05, 3.63) is 70.4 Å². The Hall–Kier alpha value is -3.59. The monoisotopic (exact) mass is 503 g/mol. The van der Waals surface area contributed by atoms with Gasteiger partial charge in [0, 0.05) is 28.9 Å². The maximum absolute atomic E-state index is 13.9. The van der Waals surface area contributed by atoms with Crippen LogP contribution in [-0.4, -0.2) is 58.0 Å². The Morgan fingerprint density at radius 3 is 1.86 bits per heavy atom. The molecular formula is C27H25N3O5S. The fourth-order valence-electron chi connectivity index (χ4n) is 7.05. The number of imide groups is 2. The number of thiophene rings is 1. The van der Waals surface area contributed by atoms with Crippen molar-refractivity contribution in [2.45, 2.75) is 24.8 Å². The minimum atomic E-state index is -1.51. The highest BCUT2D eigenvalue weighted by Crippen LogP contribution is 2.66. The molecule has 7 rings (SSSR count). The summed E-state index contributed by atoms with van der Waals surface area (Å²) in [6, 6.07) is 12.2. The van der Waals surface area contributed by atoms with Gasteiger partial charge in [-0.1, -0.05) is 36.4 Å². The van der Waals surface area contributed by atoms with Crippen LogP contribution < -0.4 is 5.32 Å². The second-order valence-electron chi connectivity index (χ2n) is 9.75. The van der Waals surface area contributed by atoms with Crippen LogP contribution in [0, 0.1) is 23.7 Å². The lowest BCUT2D eigenvalue weighted by molar-refractivity contribution is -0.143. The molecule has 5 amide bonds. The third kappa shape index (κ3) is 2.56. The van der Waals surface area contributed by atoms with E-state index in [1.807, 2.05) is 23.6 Å². The van der Waals surface area contributed by atoms with Crippen LogP contribution in [-0.2, 0) is 24.6 Å². The third-order valence-corrected chi connectivity index (χ3v) is 9.47. The van der Waals surface area contributed by atoms with Crippen LogP contribution in [0.5, 0.6) is 0 Å². The molecule has 3 aliphatic carbocycles. The summed E-state index contributed by atoms with van der Waals surface area (Å²) in [7, 11) is 0. The van der Waals surface area contributed by atoms with Gasteiger partial charge in [0.25, 0.3) is 5.91 Å². The Bertz CT molecular complexity index is 1290. The minimum absolute atomic E-state index is 0.173. The molecule has 6 atom stereocenters. The Morgan fingerprint density at radius 2 is 1.36 bits per heavy atom. The fourth-order valence-corrected chi connectivity index (χ4v) is 8.04. The van der Waals surface area contributed by atoms with E-state index in [9.17, 15) is 24.0 Å². The van der Waals surface area contributed by atoms with Gasteiger partial charge >= 0.3 is 0 Å². The highest BCUT2D eigenvalue weighted by atomic mass is 32.1. The standard InChI is InChI=1S/C27H25N3O5S/c1-3-29-22(32)17-19(24(29)34)27(28-21(31)15-9-6-5-7-10-15)13-12-26(17,16-11-8-14-36-16)18-20(27)25(35)30(4-2)23(18)33/h5-14,17-20H,3-4H2,1-2H3,(H,28,31)/t17-,18+,19+,20-,26?,27?. The summed E-state index contributed by atoms with van der Waals surface area (Å²) in [4.78, 5) is 72.1. The Balaban J connectivity index is 1.63. The van der Waals surface area contributed by atoms with Gasteiger partial charge in [-0.2, -0.15) is 0 Å². The van der Waals surface area contributed by atoms with Crippen molar-refractivity contribution in [3.8, 4) is 0 Å². The topological polar surface area (TPSA) is 104 Å². The first-order chi connectivity index (χ1) is 17.3. The summed E-state index contributed by atoms with van der Waals surface area (Å²) in [5, 5.41) is 4.88. The van der Waals surface area contributed by atoms with E-state index in [0.29, 0.717) is 5.56 Å². The molecule has 1 saturated carbocycles. The zero-order valence-electron chi connectivity index (χ0n) is 19.8. The van der Waals surface area contributed by atoms with Gasteiger partial charge < -0.3 is 5.32 Å². The fraction of sp³-hybridized carbons (Fsp3) is 0.370. The number of nitrogens with one attached hydrogen (secondary N) is 1. The number of likely N-dealkylation sites (tertiary alicyclic amines) is 2. The molecule has 9 heteroatoms. The molecule has 2 aliphatic heterocycles. The molecule has 5 aliphatic rings. The maximum Gasteiger partial charge on any atom is 0.252 e. The Morgan fingerprint density at radius 1 is 0.806 bits per heavy atom. The average molecular weight is 504 g/mol. The second-order valence-corrected chi connectivity index (χ2v) is 10.7. The van der Waals surface area contributed by atoms with E-state index in [1.165, 1.54) is 21.1 Å². The smallest absolute Gasteiger partial charge is 0.252 e. The van der Waals surface area contributed by atoms with E-state index < -0.39 is 52.3 Å². The number of carbonyl (C=O) groups is 5. The van der Waals surface area contributed by atoms with Crippen molar-refractivity contribution in [2.24, 2.45) is 23.7 Å². The van der Waals surface area contributed by atoms with Crippen LogP contribution >= 0.6 is 11.3 Å². The summed E-state index contributed by atoms with van der Waals surface area (Å²) in [5.74, 6) is -5.83. The SMILES string of the molecule is CCN1C(=O)[C@@H]2[C@H](C1=O)C1(NC(=O)c3ccccc3)C=CC2(c2cccs2)[C@H]2C(=O)N(CC)C(=O)[C@H]21. The summed E-state index contributed by atoms with van der Waals surface area (Å²) in [6.07, 6.45) is 3.55. The van der Waals surface area contributed by atoms with Crippen LogP contribution in [0.25, 0.3) is 0 Å². The predicted molar refractivity (Wildman–Crippen MR) is 131 cm³/mol. The zero-order chi connectivity index (χ0) is 25.4. The van der Waals surface area contributed by atoms with Gasteiger partial charge in [-0.25, -0.2) is 0 Å². The molecule has 3 heterocycles. The lowest BCUT2D eigenvalue weighted by atomic mass is 9.43. The van der Waals surface area contributed by atoms with Gasteiger partial charge in [0.2, 0.25) is 23.6 Å². The third-order valence-electron chi connectivity index (χ3n) is 8.43. The van der Waals surface area contributed by atoms with E-state index in [2.05, 4.69) is 5.32 Å². The van der Waals surface area contributed by atoms with Gasteiger partial charge in [0.05, 0.1) is 29.2 Å². The normalized spacial score (nSPS) is 34.4. The Kier molecular flexibility index (Phi) is 4.89. The first kappa shape index (κ1) is 22.8. The van der Waals surface area contributed by atoms with E-state index in [-0.39, 0.29) is 24.9 Å². The molecule has 0 radical (unpaired) electrons. The summed E-state index contributed by atoms with van der Waals surface area (Å²) in [5.41, 5.74) is -2.28. The van der Waals surface area contributed by atoms with E-state index >= 15 is 0 Å². The summed E-state index contributed by atoms with van der Waals surface area (Å²) in [6.45, 7) is 3.80. The van der Waals surface area contributed by atoms with Crippen molar-refractivity contribution in [1.29, 1.82) is 0 Å². The molecule has 2 saturated heterocycles. The first-order valence-electron chi connectivity index (χ1n) is 12.2. The molecule has 8 nitrogen and oxygen atoms in total. The zero-order valence-corrected chi connectivity index (χ0v) is 20.7. The number of nitrogens with zero attached hydrogens (tertiary/aromatic N) is 2. The highest BCUT2D eigenvalue weighted by Gasteiger charge is 2.80.